The fourth-order valence-corrected chi connectivity index (χ4v) is 5.29. The van der Waals surface area contributed by atoms with E-state index in [2.05, 4.69) is 15.5 Å². The molecule has 0 heterocycles. The normalized spacial score (nSPS) is 11.4. The van der Waals surface area contributed by atoms with E-state index in [9.17, 15) is 22.9 Å². The second kappa shape index (κ2) is 12.6. The van der Waals surface area contributed by atoms with Crippen LogP contribution >= 0.6 is 23.2 Å². The third-order valence-corrected chi connectivity index (χ3v) is 7.16. The molecule has 4 rings (SSSR count). The van der Waals surface area contributed by atoms with Crippen molar-refractivity contribution in [1.29, 1.82) is 0 Å². The molecule has 2 N–H and O–H groups in total. The van der Waals surface area contributed by atoms with Crippen LogP contribution in [0.4, 0.5) is 17.1 Å². The first-order valence-electron chi connectivity index (χ1n) is 11.1. The zero-order valence-electron chi connectivity index (χ0n) is 21.0. The number of methoxy groups -OCH3 is 1. The van der Waals surface area contributed by atoms with E-state index in [4.69, 9.17) is 27.9 Å². The van der Waals surface area contributed by atoms with Gasteiger partial charge in [0.2, 0.25) is 0 Å². The maximum Gasteiger partial charge on any atom is 1.00 e. The largest absolute Gasteiger partial charge is 1.00 e. The maximum absolute atomic E-state index is 13.4. The number of fused-ring (bicyclic) bond motifs is 1. The first kappa shape index (κ1) is 30.8. The van der Waals surface area contributed by atoms with Crippen LogP contribution in [-0.4, -0.2) is 26.0 Å². The summed E-state index contributed by atoms with van der Waals surface area (Å²) in [6, 6.07) is 15.3. The molecule has 1 amide bonds. The van der Waals surface area contributed by atoms with Crippen molar-refractivity contribution in [2.24, 2.45) is 10.2 Å². The molecular formula is C26H20Cl2N3NaO6S. The van der Waals surface area contributed by atoms with Gasteiger partial charge in [-0.25, -0.2) is 0 Å². The van der Waals surface area contributed by atoms with Crippen LogP contribution in [0, 0.1) is 0 Å². The number of carbonyl (C=O) groups is 1. The van der Waals surface area contributed by atoms with Crippen molar-refractivity contribution >= 4 is 67.1 Å². The molecule has 4 aromatic rings. The minimum absolute atomic E-state index is 0. The molecule has 4 aromatic carbocycles. The molecule has 0 aliphatic rings. The summed E-state index contributed by atoms with van der Waals surface area (Å²) in [5.74, 6) is -1.09. The minimum atomic E-state index is -4.59. The smallest absolute Gasteiger partial charge is 0.870 e. The van der Waals surface area contributed by atoms with Crippen molar-refractivity contribution < 1.29 is 57.2 Å². The van der Waals surface area contributed by atoms with Gasteiger partial charge in [-0.05, 0) is 53.8 Å². The van der Waals surface area contributed by atoms with Gasteiger partial charge in [0.15, 0.2) is 0 Å². The summed E-state index contributed by atoms with van der Waals surface area (Å²) >= 11 is 12.3. The Bertz CT molecular complexity index is 1710. The van der Waals surface area contributed by atoms with E-state index in [0.717, 1.165) is 6.07 Å². The van der Waals surface area contributed by atoms with Gasteiger partial charge in [-0.1, -0.05) is 60.1 Å². The summed E-state index contributed by atoms with van der Waals surface area (Å²) in [5.41, 5.74) is 0.122. The van der Waals surface area contributed by atoms with E-state index in [-0.39, 0.29) is 69.2 Å². The van der Waals surface area contributed by atoms with E-state index in [1.165, 1.54) is 25.3 Å². The number of amides is 1. The van der Waals surface area contributed by atoms with Crippen LogP contribution < -0.4 is 44.7 Å². The third kappa shape index (κ3) is 6.72. The van der Waals surface area contributed by atoms with Crippen molar-refractivity contribution in [3.63, 3.8) is 0 Å². The molecule has 0 aromatic heterocycles. The predicted molar refractivity (Wildman–Crippen MR) is 144 cm³/mol. The van der Waals surface area contributed by atoms with E-state index < -0.39 is 26.7 Å². The van der Waals surface area contributed by atoms with Crippen LogP contribution in [0.1, 0.15) is 22.8 Å². The Morgan fingerprint density at radius 2 is 1.79 bits per heavy atom. The quantitative estimate of drug-likeness (QED) is 0.189. The van der Waals surface area contributed by atoms with Crippen molar-refractivity contribution in [2.45, 2.75) is 18.2 Å². The zero-order chi connectivity index (χ0) is 27.6. The summed E-state index contributed by atoms with van der Waals surface area (Å²) in [4.78, 5) is 12.8. The van der Waals surface area contributed by atoms with E-state index in [0.29, 0.717) is 21.5 Å². The number of rotatable bonds is 7. The van der Waals surface area contributed by atoms with Gasteiger partial charge in [0, 0.05) is 21.0 Å². The van der Waals surface area contributed by atoms with E-state index in [1.807, 2.05) is 0 Å². The van der Waals surface area contributed by atoms with Crippen LogP contribution in [-0.2, 0) is 16.5 Å². The Labute approximate surface area is 256 Å². The molecule has 0 saturated carbocycles. The summed E-state index contributed by atoms with van der Waals surface area (Å²) in [5, 5.41) is 25.5. The van der Waals surface area contributed by atoms with Crippen molar-refractivity contribution in [3.05, 3.63) is 81.8 Å². The molecule has 0 atom stereocenters. The number of hydrogen-bond donors (Lipinski definition) is 2. The Morgan fingerprint density at radius 1 is 1.08 bits per heavy atom. The Morgan fingerprint density at radius 3 is 2.46 bits per heavy atom. The standard InChI is InChI=1S/C26H21Cl2N3O6S.Na/c1-3-17-20(28)12-16(13-23(17)38(34,35)36)30-31-24-18-7-5-4-6-14(18)10-19(25(24)32)26(33)29-21-11-15(27)8-9-22(21)37-2;/h4-13,32H,3H2,1-2H3,(H,29,33)(H,34,35,36);/q;+1/p-1. The first-order chi connectivity index (χ1) is 18.0. The van der Waals surface area contributed by atoms with Gasteiger partial charge in [0.25, 0.3) is 16.0 Å². The first-order valence-corrected chi connectivity index (χ1v) is 13.3. The number of nitrogens with one attached hydrogen (secondary N) is 1. The molecule has 196 valence electrons. The summed E-state index contributed by atoms with van der Waals surface area (Å²) in [7, 11) is -3.16. The van der Waals surface area contributed by atoms with Gasteiger partial charge in [-0.2, -0.15) is 18.6 Å². The van der Waals surface area contributed by atoms with Crippen LogP contribution in [0.2, 0.25) is 10.0 Å². The molecule has 0 saturated heterocycles. The topological polar surface area (TPSA) is 140 Å². The number of benzene rings is 4. The predicted octanol–water partition coefficient (Wildman–Crippen LogP) is 3.71. The molecule has 0 radical (unpaired) electrons. The van der Waals surface area contributed by atoms with Crippen LogP contribution in [0.25, 0.3) is 10.8 Å². The number of azo groups is 1. The molecule has 39 heavy (non-hydrogen) atoms. The van der Waals surface area contributed by atoms with Crippen LogP contribution in [0.3, 0.4) is 0 Å². The van der Waals surface area contributed by atoms with Gasteiger partial charge < -0.3 is 15.2 Å². The summed E-state index contributed by atoms with van der Waals surface area (Å²) in [6.45, 7) is 1.68. The van der Waals surface area contributed by atoms with Gasteiger partial charge >= 0.3 is 29.6 Å². The van der Waals surface area contributed by atoms with E-state index >= 15 is 0 Å². The Hall–Kier alpha value is -2.70. The molecule has 0 spiro atoms. The fraction of sp³-hybridized carbons (Fsp3) is 0.115. The second-order valence-corrected chi connectivity index (χ2v) is 10.3. The average molecular weight is 596 g/mol. The summed E-state index contributed by atoms with van der Waals surface area (Å²) in [6.07, 6.45) is 0.245. The minimum Gasteiger partial charge on any atom is -0.870 e. The molecule has 0 fully saturated rings. The Balaban J connectivity index is 0.00000420. The monoisotopic (exact) mass is 595 g/mol. The molecule has 0 aliphatic carbocycles. The van der Waals surface area contributed by atoms with Gasteiger partial charge in [-0.3, -0.25) is 9.35 Å². The summed E-state index contributed by atoms with van der Waals surface area (Å²) < 4.78 is 38.6. The number of nitrogens with zero attached hydrogens (tertiary/aromatic N) is 2. The fourth-order valence-electron chi connectivity index (χ4n) is 3.88. The number of ether oxygens (including phenoxy) is 1. The van der Waals surface area contributed by atoms with Crippen molar-refractivity contribution in [2.75, 3.05) is 12.4 Å². The van der Waals surface area contributed by atoms with E-state index in [1.54, 1.807) is 43.3 Å². The second-order valence-electron chi connectivity index (χ2n) is 8.05. The maximum atomic E-state index is 13.4. The number of hydrogen-bond acceptors (Lipinski definition) is 7. The Kier molecular flexibility index (Phi) is 10.0. The third-order valence-electron chi connectivity index (χ3n) is 5.67. The van der Waals surface area contributed by atoms with Gasteiger partial charge in [0.05, 0.1) is 24.2 Å². The molecule has 13 heteroatoms. The number of carbonyl (C=O) groups excluding carboxylic acids is 1. The molecule has 0 unspecified atom stereocenters. The molecular weight excluding hydrogens is 576 g/mol. The average Bonchev–Trinajstić information content (AvgIpc) is 2.87. The number of anilines is 1. The van der Waals surface area contributed by atoms with Gasteiger partial charge in [-0.15, -0.1) is 0 Å². The van der Waals surface area contributed by atoms with Crippen LogP contribution in [0.15, 0.2) is 75.8 Å². The van der Waals surface area contributed by atoms with Crippen LogP contribution in [0.5, 0.6) is 11.5 Å². The van der Waals surface area contributed by atoms with Crippen molar-refractivity contribution in [1.82, 2.24) is 0 Å². The SMILES string of the molecule is CCc1c(Cl)cc(N=Nc2c([O-])c(C(=O)Nc3cc(Cl)ccc3OC)cc3ccccc23)cc1S(=O)(=O)O.[Na+]. The molecule has 0 bridgehead atoms. The number of halogens is 2. The molecule has 0 aliphatic heterocycles. The zero-order valence-corrected chi connectivity index (χ0v) is 25.4. The molecule has 9 nitrogen and oxygen atoms in total. The van der Waals surface area contributed by atoms with Gasteiger partial charge in [0.1, 0.15) is 10.6 Å². The van der Waals surface area contributed by atoms with Crippen molar-refractivity contribution in [3.8, 4) is 11.5 Å².